The van der Waals surface area contributed by atoms with Gasteiger partial charge in [-0.3, -0.25) is 38.7 Å². The van der Waals surface area contributed by atoms with Crippen LogP contribution in [-0.2, 0) is 0 Å². The Morgan fingerprint density at radius 2 is 0.700 bits per heavy atom. The summed E-state index contributed by atoms with van der Waals surface area (Å²) in [7, 11) is 0. The molecule has 4 heterocycles. The van der Waals surface area contributed by atoms with Gasteiger partial charge in [0.25, 0.3) is 22.2 Å². The molecular formula is C30H12N4O6. The summed E-state index contributed by atoms with van der Waals surface area (Å²) >= 11 is 0. The molecule has 0 fully saturated rings. The molecule has 0 radical (unpaired) electrons. The Hall–Kier alpha value is -5.90. The molecule has 0 amide bonds. The summed E-state index contributed by atoms with van der Waals surface area (Å²) in [6.45, 7) is 0. The van der Waals surface area contributed by atoms with Crippen LogP contribution in [0, 0.1) is 0 Å². The molecule has 4 N–H and O–H groups in total. The maximum Gasteiger partial charge on any atom is 0.259 e. The molecule has 0 spiro atoms. The lowest BCUT2D eigenvalue weighted by atomic mass is 9.92. The van der Waals surface area contributed by atoms with Gasteiger partial charge >= 0.3 is 0 Å². The molecule has 0 saturated carbocycles. The predicted octanol–water partition coefficient (Wildman–Crippen LogP) is 2.70. The Labute approximate surface area is 217 Å². The van der Waals surface area contributed by atoms with Crippen molar-refractivity contribution in [1.29, 1.82) is 0 Å². The first kappa shape index (κ1) is 21.1. The van der Waals surface area contributed by atoms with Crippen molar-refractivity contribution in [3.05, 3.63) is 110 Å². The van der Waals surface area contributed by atoms with Crippen LogP contribution in [0.25, 0.3) is 86.7 Å². The Bertz CT molecular complexity index is 2810. The quantitative estimate of drug-likeness (QED) is 0.223. The fraction of sp³-hybridized carbons (Fsp3) is 0. The minimum absolute atomic E-state index is 0.00957. The molecule has 40 heavy (non-hydrogen) atoms. The summed E-state index contributed by atoms with van der Waals surface area (Å²) in [5.74, 6) is 0. The summed E-state index contributed by atoms with van der Waals surface area (Å²) in [4.78, 5) is 92.3. The fourth-order valence-corrected chi connectivity index (χ4v) is 6.70. The standard InChI is InChI=1S/C30H12N4O6/c35-25-15-19-17(27(37)33-29(19)39)13-9-5-1-3-7-11(9)31-23(13)21(15)26(36)22-16(25)20-18(28(38)34-30(20)40)14-10-6-2-4-8-12(10)32-24(14)22/h1-8,31-32H,(H,33,37,39)(H,34,38,40). The highest BCUT2D eigenvalue weighted by molar-refractivity contribution is 6.36. The van der Waals surface area contributed by atoms with E-state index in [2.05, 4.69) is 19.9 Å². The Morgan fingerprint density at radius 3 is 1.12 bits per heavy atom. The summed E-state index contributed by atoms with van der Waals surface area (Å²) in [5.41, 5.74) is -2.67. The molecule has 10 heteroatoms. The van der Waals surface area contributed by atoms with Gasteiger partial charge in [-0.25, -0.2) is 0 Å². The first-order valence-electron chi connectivity index (χ1n) is 12.4. The third kappa shape index (κ3) is 2.15. The molecule has 5 aromatic carbocycles. The van der Waals surface area contributed by atoms with Crippen LogP contribution in [-0.4, -0.2) is 19.9 Å². The Balaban J connectivity index is 1.77. The number of benzene rings is 5. The average molecular weight is 524 g/mol. The van der Waals surface area contributed by atoms with E-state index < -0.39 is 33.1 Å². The predicted molar refractivity (Wildman–Crippen MR) is 155 cm³/mol. The number of rotatable bonds is 0. The van der Waals surface area contributed by atoms with Gasteiger partial charge in [-0.15, -0.1) is 0 Å². The first-order chi connectivity index (χ1) is 19.4. The molecule has 0 aliphatic rings. The van der Waals surface area contributed by atoms with Gasteiger partial charge in [0.05, 0.1) is 43.4 Å². The minimum atomic E-state index is -0.808. The topological polar surface area (TPSA) is 166 Å². The van der Waals surface area contributed by atoms with Crippen LogP contribution in [0.4, 0.5) is 0 Å². The van der Waals surface area contributed by atoms with Crippen LogP contribution in [0.1, 0.15) is 0 Å². The normalized spacial score (nSPS) is 12.6. The van der Waals surface area contributed by atoms with Gasteiger partial charge in [0.15, 0.2) is 10.9 Å². The van der Waals surface area contributed by atoms with E-state index in [4.69, 9.17) is 0 Å². The van der Waals surface area contributed by atoms with E-state index in [1.807, 2.05) is 0 Å². The smallest absolute Gasteiger partial charge is 0.259 e. The van der Waals surface area contributed by atoms with E-state index in [0.717, 1.165) is 0 Å². The largest absolute Gasteiger partial charge is 0.354 e. The highest BCUT2D eigenvalue weighted by atomic mass is 16.2. The molecule has 0 aliphatic carbocycles. The van der Waals surface area contributed by atoms with E-state index in [9.17, 15) is 28.8 Å². The van der Waals surface area contributed by atoms with E-state index in [-0.39, 0.29) is 54.1 Å². The van der Waals surface area contributed by atoms with Gasteiger partial charge in [-0.05, 0) is 12.1 Å². The number of aromatic amines is 4. The van der Waals surface area contributed by atoms with Crippen LogP contribution < -0.4 is 33.1 Å². The number of hydrogen-bond acceptors (Lipinski definition) is 6. The van der Waals surface area contributed by atoms with E-state index in [1.165, 1.54) is 0 Å². The van der Waals surface area contributed by atoms with Crippen molar-refractivity contribution < 1.29 is 0 Å². The van der Waals surface area contributed by atoms with E-state index in [0.29, 0.717) is 32.6 Å². The fourth-order valence-electron chi connectivity index (χ4n) is 6.70. The Kier molecular flexibility index (Phi) is 3.46. The molecule has 4 aromatic heterocycles. The zero-order chi connectivity index (χ0) is 27.2. The van der Waals surface area contributed by atoms with Crippen molar-refractivity contribution in [3.8, 4) is 0 Å². The lowest BCUT2D eigenvalue weighted by molar-refractivity contribution is 1.26. The number of hydrogen-bond donors (Lipinski definition) is 4. The molecular weight excluding hydrogens is 512 g/mol. The highest BCUT2D eigenvalue weighted by Gasteiger charge is 2.29. The third-order valence-electron chi connectivity index (χ3n) is 8.18. The van der Waals surface area contributed by atoms with Crippen molar-refractivity contribution in [1.82, 2.24) is 19.9 Å². The molecule has 9 aromatic rings. The molecule has 0 atom stereocenters. The summed E-state index contributed by atoms with van der Waals surface area (Å²) in [5, 5.41) is 0.860. The van der Waals surface area contributed by atoms with E-state index in [1.54, 1.807) is 48.5 Å². The van der Waals surface area contributed by atoms with Crippen LogP contribution >= 0.6 is 0 Å². The SMILES string of the molecule is O=c1c2c3[nH]c4ccccc4c3c3c(=O)[nH]c(=O)c3c2c(=O)c2c1c1[nH]c3ccccc3c1c1c(=O)[nH]c(=O)c21. The minimum Gasteiger partial charge on any atom is -0.354 e. The molecule has 0 bridgehead atoms. The van der Waals surface area contributed by atoms with Gasteiger partial charge < -0.3 is 9.97 Å². The molecule has 0 aliphatic heterocycles. The number of H-pyrrole nitrogens is 4. The number of fused-ring (bicyclic) bond motifs is 16. The number of nitrogens with one attached hydrogen (secondary N) is 4. The van der Waals surface area contributed by atoms with Crippen LogP contribution in [0.15, 0.2) is 77.3 Å². The second kappa shape index (κ2) is 6.56. The second-order valence-corrected chi connectivity index (χ2v) is 10.1. The lowest BCUT2D eigenvalue weighted by Gasteiger charge is -2.07. The van der Waals surface area contributed by atoms with Crippen molar-refractivity contribution in [2.45, 2.75) is 0 Å². The molecule has 0 unspecified atom stereocenters. The third-order valence-corrected chi connectivity index (χ3v) is 8.18. The summed E-state index contributed by atoms with van der Waals surface area (Å²) in [6, 6.07) is 14.2. The van der Waals surface area contributed by atoms with Crippen molar-refractivity contribution in [2.75, 3.05) is 0 Å². The maximum atomic E-state index is 14.6. The van der Waals surface area contributed by atoms with Crippen molar-refractivity contribution in [3.63, 3.8) is 0 Å². The van der Waals surface area contributed by atoms with Crippen LogP contribution in [0.2, 0.25) is 0 Å². The average Bonchev–Trinajstić information content (AvgIpc) is 3.66. The summed E-state index contributed by atoms with van der Waals surface area (Å²) < 4.78 is 0. The monoisotopic (exact) mass is 524 g/mol. The second-order valence-electron chi connectivity index (χ2n) is 10.1. The maximum absolute atomic E-state index is 14.6. The highest BCUT2D eigenvalue weighted by Crippen LogP contribution is 2.38. The molecule has 0 saturated heterocycles. The van der Waals surface area contributed by atoms with Crippen molar-refractivity contribution >= 4 is 86.7 Å². The zero-order valence-electron chi connectivity index (χ0n) is 20.1. The zero-order valence-corrected chi connectivity index (χ0v) is 20.1. The van der Waals surface area contributed by atoms with Gasteiger partial charge in [0.2, 0.25) is 0 Å². The van der Waals surface area contributed by atoms with Crippen LogP contribution in [0.3, 0.4) is 0 Å². The van der Waals surface area contributed by atoms with Gasteiger partial charge in [-0.1, -0.05) is 36.4 Å². The number of aromatic nitrogens is 4. The van der Waals surface area contributed by atoms with Gasteiger partial charge in [-0.2, -0.15) is 0 Å². The van der Waals surface area contributed by atoms with Crippen molar-refractivity contribution in [2.24, 2.45) is 0 Å². The molecule has 9 rings (SSSR count). The number of para-hydroxylation sites is 2. The van der Waals surface area contributed by atoms with Gasteiger partial charge in [0.1, 0.15) is 0 Å². The summed E-state index contributed by atoms with van der Waals surface area (Å²) in [6.07, 6.45) is 0. The molecule has 188 valence electrons. The molecule has 10 nitrogen and oxygen atoms in total. The lowest BCUT2D eigenvalue weighted by Crippen LogP contribution is -2.17. The van der Waals surface area contributed by atoms with E-state index >= 15 is 0 Å². The van der Waals surface area contributed by atoms with Crippen LogP contribution in [0.5, 0.6) is 0 Å². The Morgan fingerprint density at radius 1 is 0.350 bits per heavy atom. The first-order valence-corrected chi connectivity index (χ1v) is 12.4. The van der Waals surface area contributed by atoms with Gasteiger partial charge in [0, 0.05) is 43.4 Å².